The molecule has 1 aliphatic rings. The summed E-state index contributed by atoms with van der Waals surface area (Å²) in [4.78, 5) is 21.6. The molecule has 0 saturated carbocycles. The highest BCUT2D eigenvalue weighted by atomic mass is 32.2. The number of carbonyl (C=O) groups excluding carboxylic acids is 2. The number of carbonyl (C=O) groups is 2. The summed E-state index contributed by atoms with van der Waals surface area (Å²) in [6.07, 6.45) is 0. The first-order valence-electron chi connectivity index (χ1n) is 3.11. The molecule has 2 unspecified atom stereocenters. The van der Waals surface area contributed by atoms with E-state index in [4.69, 9.17) is 0 Å². The van der Waals surface area contributed by atoms with Gasteiger partial charge in [0, 0.05) is 0 Å². The predicted octanol–water partition coefficient (Wildman–Crippen LogP) is 0.153. The molecule has 0 aromatic carbocycles. The van der Waals surface area contributed by atoms with Gasteiger partial charge in [-0.05, 0) is 13.8 Å². The van der Waals surface area contributed by atoms with Gasteiger partial charge in [-0.25, -0.2) is 0 Å². The maximum atomic E-state index is 10.8. The standard InChI is InChI=1S/C6H9NO2S/c1-3-5(8)7-6(9)4(2)10-3/h3-4H,1-2H3,(H,7,8,9). The molecular formula is C6H9NO2S. The van der Waals surface area contributed by atoms with Crippen molar-refractivity contribution in [2.24, 2.45) is 0 Å². The van der Waals surface area contributed by atoms with Crippen LogP contribution in [0, 0.1) is 0 Å². The highest BCUT2D eigenvalue weighted by Crippen LogP contribution is 2.21. The van der Waals surface area contributed by atoms with Gasteiger partial charge in [-0.15, -0.1) is 11.8 Å². The highest BCUT2D eigenvalue weighted by molar-refractivity contribution is 8.02. The minimum absolute atomic E-state index is 0.0901. The molecule has 0 spiro atoms. The molecule has 0 aliphatic carbocycles. The molecule has 0 radical (unpaired) electrons. The topological polar surface area (TPSA) is 46.2 Å². The first-order valence-corrected chi connectivity index (χ1v) is 4.05. The van der Waals surface area contributed by atoms with E-state index in [0.29, 0.717) is 0 Å². The maximum absolute atomic E-state index is 10.8. The molecule has 2 amide bonds. The first-order chi connectivity index (χ1) is 4.61. The van der Waals surface area contributed by atoms with Gasteiger partial charge >= 0.3 is 0 Å². The minimum Gasteiger partial charge on any atom is -0.295 e. The molecule has 56 valence electrons. The van der Waals surface area contributed by atoms with Crippen molar-refractivity contribution in [2.75, 3.05) is 0 Å². The lowest BCUT2D eigenvalue weighted by Crippen LogP contribution is -2.46. The van der Waals surface area contributed by atoms with Crippen molar-refractivity contribution < 1.29 is 9.59 Å². The molecule has 1 saturated heterocycles. The Morgan fingerprint density at radius 2 is 1.60 bits per heavy atom. The summed E-state index contributed by atoms with van der Waals surface area (Å²) < 4.78 is 0. The molecule has 4 heteroatoms. The number of nitrogens with one attached hydrogen (secondary N) is 1. The third-order valence-corrected chi connectivity index (χ3v) is 2.64. The van der Waals surface area contributed by atoms with Gasteiger partial charge < -0.3 is 0 Å². The van der Waals surface area contributed by atoms with Crippen molar-refractivity contribution in [1.29, 1.82) is 0 Å². The predicted molar refractivity (Wildman–Crippen MR) is 39.7 cm³/mol. The number of hydrogen-bond donors (Lipinski definition) is 1. The smallest absolute Gasteiger partial charge is 0.239 e. The zero-order chi connectivity index (χ0) is 7.72. The van der Waals surface area contributed by atoms with Gasteiger partial charge in [-0.2, -0.15) is 0 Å². The summed E-state index contributed by atoms with van der Waals surface area (Å²) in [6, 6.07) is 0. The number of thioether (sulfide) groups is 1. The van der Waals surface area contributed by atoms with E-state index in [9.17, 15) is 9.59 Å². The molecule has 1 fully saturated rings. The number of rotatable bonds is 0. The Morgan fingerprint density at radius 1 is 1.20 bits per heavy atom. The van der Waals surface area contributed by atoms with Crippen molar-refractivity contribution in [3.63, 3.8) is 0 Å². The van der Waals surface area contributed by atoms with Crippen molar-refractivity contribution in [1.82, 2.24) is 5.32 Å². The van der Waals surface area contributed by atoms with Gasteiger partial charge in [0.25, 0.3) is 0 Å². The molecule has 0 aromatic rings. The minimum atomic E-state index is -0.173. The van der Waals surface area contributed by atoms with Crippen molar-refractivity contribution in [2.45, 2.75) is 24.3 Å². The lowest BCUT2D eigenvalue weighted by molar-refractivity contribution is -0.130. The van der Waals surface area contributed by atoms with Crippen LogP contribution in [0.4, 0.5) is 0 Å². The molecule has 2 atom stereocenters. The Morgan fingerprint density at radius 3 is 1.90 bits per heavy atom. The molecule has 1 heterocycles. The van der Waals surface area contributed by atoms with Crippen molar-refractivity contribution in [3.05, 3.63) is 0 Å². The van der Waals surface area contributed by atoms with E-state index in [1.165, 1.54) is 11.8 Å². The Hall–Kier alpha value is -0.510. The normalized spacial score (nSPS) is 33.8. The van der Waals surface area contributed by atoms with Gasteiger partial charge in [0.15, 0.2) is 0 Å². The van der Waals surface area contributed by atoms with E-state index >= 15 is 0 Å². The largest absolute Gasteiger partial charge is 0.295 e. The monoisotopic (exact) mass is 159 g/mol. The summed E-state index contributed by atoms with van der Waals surface area (Å²) in [5.74, 6) is -0.346. The van der Waals surface area contributed by atoms with Crippen LogP contribution in [-0.4, -0.2) is 22.3 Å². The molecule has 1 aliphatic heterocycles. The van der Waals surface area contributed by atoms with E-state index in [0.717, 1.165) is 0 Å². The van der Waals surface area contributed by atoms with Gasteiger partial charge in [-0.3, -0.25) is 14.9 Å². The zero-order valence-corrected chi connectivity index (χ0v) is 6.70. The van der Waals surface area contributed by atoms with Crippen LogP contribution in [0.15, 0.2) is 0 Å². The van der Waals surface area contributed by atoms with Gasteiger partial charge in [0.05, 0.1) is 10.5 Å². The van der Waals surface area contributed by atoms with Gasteiger partial charge in [-0.1, -0.05) is 0 Å². The lowest BCUT2D eigenvalue weighted by Gasteiger charge is -2.21. The Balaban J connectivity index is 2.63. The Bertz CT molecular complexity index is 163. The zero-order valence-electron chi connectivity index (χ0n) is 5.88. The number of amides is 2. The van der Waals surface area contributed by atoms with Crippen LogP contribution in [-0.2, 0) is 9.59 Å². The van der Waals surface area contributed by atoms with Crippen LogP contribution in [0.3, 0.4) is 0 Å². The Kier molecular flexibility index (Phi) is 1.99. The third-order valence-electron chi connectivity index (χ3n) is 1.39. The van der Waals surface area contributed by atoms with Crippen LogP contribution in [0.25, 0.3) is 0 Å². The molecule has 3 nitrogen and oxygen atoms in total. The third kappa shape index (κ3) is 1.31. The molecule has 0 aromatic heterocycles. The van der Waals surface area contributed by atoms with Gasteiger partial charge in [0.2, 0.25) is 11.8 Å². The molecule has 1 rings (SSSR count). The van der Waals surface area contributed by atoms with E-state index in [1.807, 2.05) is 0 Å². The fraction of sp³-hybridized carbons (Fsp3) is 0.667. The second-order valence-electron chi connectivity index (χ2n) is 2.27. The van der Waals surface area contributed by atoms with Crippen molar-refractivity contribution >= 4 is 23.6 Å². The van der Waals surface area contributed by atoms with E-state index in [1.54, 1.807) is 13.8 Å². The molecule has 10 heavy (non-hydrogen) atoms. The fourth-order valence-electron chi connectivity index (χ4n) is 0.754. The Labute approximate surface area is 63.6 Å². The SMILES string of the molecule is CC1SC(C)C(=O)NC1=O. The second-order valence-corrected chi connectivity index (χ2v) is 3.96. The first kappa shape index (κ1) is 7.60. The highest BCUT2D eigenvalue weighted by Gasteiger charge is 2.28. The van der Waals surface area contributed by atoms with E-state index < -0.39 is 0 Å². The summed E-state index contributed by atoms with van der Waals surface area (Å²) >= 11 is 1.40. The van der Waals surface area contributed by atoms with Crippen LogP contribution in [0.2, 0.25) is 0 Å². The fourth-order valence-corrected chi connectivity index (χ4v) is 1.73. The van der Waals surface area contributed by atoms with Crippen molar-refractivity contribution in [3.8, 4) is 0 Å². The van der Waals surface area contributed by atoms with Crippen LogP contribution >= 0.6 is 11.8 Å². The quantitative estimate of drug-likeness (QED) is 0.512. The molecular weight excluding hydrogens is 150 g/mol. The average molecular weight is 159 g/mol. The van der Waals surface area contributed by atoms with E-state index in [2.05, 4.69) is 5.32 Å². The van der Waals surface area contributed by atoms with Crippen LogP contribution < -0.4 is 5.32 Å². The van der Waals surface area contributed by atoms with Crippen LogP contribution in [0.5, 0.6) is 0 Å². The summed E-state index contributed by atoms with van der Waals surface area (Å²) in [7, 11) is 0. The maximum Gasteiger partial charge on any atom is 0.239 e. The van der Waals surface area contributed by atoms with Gasteiger partial charge in [0.1, 0.15) is 0 Å². The number of hydrogen-bond acceptors (Lipinski definition) is 3. The summed E-state index contributed by atoms with van der Waals surface area (Å²) in [6.45, 7) is 3.59. The summed E-state index contributed by atoms with van der Waals surface area (Å²) in [5.41, 5.74) is 0. The van der Waals surface area contributed by atoms with E-state index in [-0.39, 0.29) is 22.3 Å². The van der Waals surface area contributed by atoms with Crippen LogP contribution in [0.1, 0.15) is 13.8 Å². The second kappa shape index (κ2) is 2.62. The lowest BCUT2D eigenvalue weighted by atomic mass is 10.3. The molecule has 0 bridgehead atoms. The summed E-state index contributed by atoms with van der Waals surface area (Å²) in [5, 5.41) is 2.10. The average Bonchev–Trinajstić information content (AvgIpc) is 1.84. The number of imide groups is 1. The molecule has 1 N–H and O–H groups in total.